The van der Waals surface area contributed by atoms with Crippen molar-refractivity contribution in [1.29, 1.82) is 0 Å². The monoisotopic (exact) mass is 234 g/mol. The van der Waals surface area contributed by atoms with Gasteiger partial charge in [-0.05, 0) is 24.5 Å². The van der Waals surface area contributed by atoms with Crippen molar-refractivity contribution >= 4 is 5.88 Å². The molecular weight excluding hydrogens is 219 g/mol. The van der Waals surface area contributed by atoms with E-state index in [1.807, 2.05) is 13.8 Å². The predicted octanol–water partition coefficient (Wildman–Crippen LogP) is 3.49. The molecule has 0 fully saturated rings. The van der Waals surface area contributed by atoms with E-state index in [9.17, 15) is 4.39 Å². The molecule has 2 N–H and O–H groups in total. The lowest BCUT2D eigenvalue weighted by molar-refractivity contribution is 0.437. The van der Waals surface area contributed by atoms with Crippen LogP contribution in [0.3, 0.4) is 0 Å². The average Bonchev–Trinajstić information content (AvgIpc) is 2.64. The maximum absolute atomic E-state index is 14.0. The maximum atomic E-state index is 14.0. The van der Waals surface area contributed by atoms with Gasteiger partial charge in [-0.25, -0.2) is 4.39 Å². The van der Waals surface area contributed by atoms with E-state index in [4.69, 9.17) is 10.3 Å². The van der Waals surface area contributed by atoms with Crippen LogP contribution in [0.1, 0.15) is 30.9 Å². The number of halogens is 1. The van der Waals surface area contributed by atoms with Gasteiger partial charge in [0.1, 0.15) is 11.5 Å². The maximum Gasteiger partial charge on any atom is 0.226 e. The van der Waals surface area contributed by atoms with Gasteiger partial charge in [-0.3, -0.25) is 0 Å². The summed E-state index contributed by atoms with van der Waals surface area (Å²) in [6, 6.07) is 5.20. The quantitative estimate of drug-likeness (QED) is 0.865. The van der Waals surface area contributed by atoms with Gasteiger partial charge in [-0.1, -0.05) is 31.1 Å². The van der Waals surface area contributed by atoms with Crippen LogP contribution >= 0.6 is 0 Å². The molecular formula is C13H15FN2O. The van der Waals surface area contributed by atoms with E-state index in [0.29, 0.717) is 16.8 Å². The number of nitrogen functional groups attached to an aromatic ring is 1. The molecule has 0 radical (unpaired) electrons. The summed E-state index contributed by atoms with van der Waals surface area (Å²) in [5.74, 6) is 0.120. The zero-order chi connectivity index (χ0) is 12.6. The number of aromatic nitrogens is 1. The third-order valence-electron chi connectivity index (χ3n) is 2.78. The Kier molecular flexibility index (Phi) is 2.88. The predicted molar refractivity (Wildman–Crippen MR) is 65.1 cm³/mol. The van der Waals surface area contributed by atoms with Crippen LogP contribution < -0.4 is 5.73 Å². The lowest BCUT2D eigenvalue weighted by atomic mass is 9.97. The highest BCUT2D eigenvalue weighted by Crippen LogP contribution is 2.34. The highest BCUT2D eigenvalue weighted by atomic mass is 19.1. The summed E-state index contributed by atoms with van der Waals surface area (Å²) in [5, 5.41) is 3.87. The van der Waals surface area contributed by atoms with Crippen molar-refractivity contribution in [2.24, 2.45) is 0 Å². The van der Waals surface area contributed by atoms with Crippen LogP contribution in [0, 0.1) is 12.7 Å². The van der Waals surface area contributed by atoms with Gasteiger partial charge in [0.15, 0.2) is 0 Å². The van der Waals surface area contributed by atoms with Crippen molar-refractivity contribution in [3.63, 3.8) is 0 Å². The number of nitrogens with two attached hydrogens (primary N) is 1. The molecule has 0 aliphatic rings. The van der Waals surface area contributed by atoms with Crippen molar-refractivity contribution in [3.8, 4) is 11.3 Å². The lowest BCUT2D eigenvalue weighted by Gasteiger charge is -2.07. The second-order valence-electron chi connectivity index (χ2n) is 4.40. The lowest BCUT2D eigenvalue weighted by Crippen LogP contribution is -1.96. The number of hydrogen-bond donors (Lipinski definition) is 1. The molecule has 0 saturated heterocycles. The highest BCUT2D eigenvalue weighted by molar-refractivity contribution is 5.69. The molecule has 0 spiro atoms. The molecule has 2 aromatic rings. The molecule has 0 bridgehead atoms. The fourth-order valence-corrected chi connectivity index (χ4v) is 1.89. The zero-order valence-electron chi connectivity index (χ0n) is 10.1. The van der Waals surface area contributed by atoms with E-state index >= 15 is 0 Å². The molecule has 0 atom stereocenters. The molecule has 0 amide bonds. The number of nitrogens with zero attached hydrogens (tertiary/aromatic N) is 1. The SMILES string of the molecule is Cc1cccc(-c2noc(N)c2C(C)C)c1F. The minimum absolute atomic E-state index is 0.135. The standard InChI is InChI=1S/C13H15FN2O/c1-7(2)10-12(16-17-13(10)15)9-6-4-5-8(3)11(9)14/h4-7H,15H2,1-3H3. The van der Waals surface area contributed by atoms with Gasteiger partial charge in [-0.2, -0.15) is 0 Å². The highest BCUT2D eigenvalue weighted by Gasteiger charge is 2.21. The minimum atomic E-state index is -0.275. The molecule has 0 aliphatic carbocycles. The van der Waals surface area contributed by atoms with Crippen LogP contribution in [0.25, 0.3) is 11.3 Å². The molecule has 1 aromatic carbocycles. The first kappa shape index (κ1) is 11.6. The van der Waals surface area contributed by atoms with Crippen molar-refractivity contribution in [1.82, 2.24) is 5.16 Å². The van der Waals surface area contributed by atoms with Crippen molar-refractivity contribution in [2.45, 2.75) is 26.7 Å². The summed E-state index contributed by atoms with van der Waals surface area (Å²) in [7, 11) is 0. The van der Waals surface area contributed by atoms with Crippen molar-refractivity contribution in [2.75, 3.05) is 5.73 Å². The van der Waals surface area contributed by atoms with Gasteiger partial charge >= 0.3 is 0 Å². The largest absolute Gasteiger partial charge is 0.367 e. The second kappa shape index (κ2) is 4.20. The number of hydrogen-bond acceptors (Lipinski definition) is 3. The van der Waals surface area contributed by atoms with Gasteiger partial charge in [-0.15, -0.1) is 0 Å². The van der Waals surface area contributed by atoms with E-state index in [0.717, 1.165) is 5.56 Å². The van der Waals surface area contributed by atoms with E-state index in [1.54, 1.807) is 25.1 Å². The van der Waals surface area contributed by atoms with E-state index in [-0.39, 0.29) is 17.6 Å². The van der Waals surface area contributed by atoms with E-state index in [2.05, 4.69) is 5.16 Å². The Morgan fingerprint density at radius 1 is 1.35 bits per heavy atom. The molecule has 0 aliphatic heterocycles. The van der Waals surface area contributed by atoms with Gasteiger partial charge < -0.3 is 10.3 Å². The molecule has 1 heterocycles. The zero-order valence-corrected chi connectivity index (χ0v) is 10.1. The Hall–Kier alpha value is -1.84. The summed E-state index contributed by atoms with van der Waals surface area (Å²) in [4.78, 5) is 0. The van der Waals surface area contributed by atoms with Crippen LogP contribution in [0.5, 0.6) is 0 Å². The summed E-state index contributed by atoms with van der Waals surface area (Å²) >= 11 is 0. The summed E-state index contributed by atoms with van der Waals surface area (Å²) < 4.78 is 19.0. The smallest absolute Gasteiger partial charge is 0.226 e. The molecule has 3 nitrogen and oxygen atoms in total. The van der Waals surface area contributed by atoms with E-state index < -0.39 is 0 Å². The Bertz CT molecular complexity index is 546. The number of rotatable bonds is 2. The Labute approximate surface area is 99.4 Å². The Balaban J connectivity index is 2.65. The molecule has 2 rings (SSSR count). The third kappa shape index (κ3) is 1.90. The van der Waals surface area contributed by atoms with Crippen LogP contribution in [-0.2, 0) is 0 Å². The molecule has 0 saturated carbocycles. The average molecular weight is 234 g/mol. The number of anilines is 1. The van der Waals surface area contributed by atoms with Crippen LogP contribution in [0.15, 0.2) is 22.7 Å². The molecule has 0 unspecified atom stereocenters. The van der Waals surface area contributed by atoms with Gasteiger partial charge in [0.25, 0.3) is 0 Å². The number of aryl methyl sites for hydroxylation is 1. The first-order valence-electron chi connectivity index (χ1n) is 5.53. The van der Waals surface area contributed by atoms with E-state index in [1.165, 1.54) is 0 Å². The fraction of sp³-hybridized carbons (Fsp3) is 0.308. The first-order chi connectivity index (χ1) is 8.02. The minimum Gasteiger partial charge on any atom is -0.367 e. The Morgan fingerprint density at radius 2 is 2.06 bits per heavy atom. The fourth-order valence-electron chi connectivity index (χ4n) is 1.89. The summed E-state index contributed by atoms with van der Waals surface area (Å²) in [6.07, 6.45) is 0. The first-order valence-corrected chi connectivity index (χ1v) is 5.53. The van der Waals surface area contributed by atoms with Gasteiger partial charge in [0, 0.05) is 11.1 Å². The molecule has 90 valence electrons. The van der Waals surface area contributed by atoms with Gasteiger partial charge in [0.2, 0.25) is 5.88 Å². The molecule has 17 heavy (non-hydrogen) atoms. The van der Waals surface area contributed by atoms with Crippen molar-refractivity contribution in [3.05, 3.63) is 35.1 Å². The Morgan fingerprint density at radius 3 is 2.71 bits per heavy atom. The normalized spacial score (nSPS) is 11.1. The molecule has 1 aromatic heterocycles. The van der Waals surface area contributed by atoms with Crippen LogP contribution in [0.4, 0.5) is 10.3 Å². The third-order valence-corrected chi connectivity index (χ3v) is 2.78. The van der Waals surface area contributed by atoms with Crippen LogP contribution in [0.2, 0.25) is 0 Å². The van der Waals surface area contributed by atoms with Crippen LogP contribution in [-0.4, -0.2) is 5.16 Å². The second-order valence-corrected chi connectivity index (χ2v) is 4.40. The number of benzene rings is 1. The van der Waals surface area contributed by atoms with Gasteiger partial charge in [0.05, 0.1) is 0 Å². The molecule has 4 heteroatoms. The summed E-state index contributed by atoms with van der Waals surface area (Å²) in [5.41, 5.74) is 7.99. The topological polar surface area (TPSA) is 52.0 Å². The van der Waals surface area contributed by atoms with Crippen molar-refractivity contribution < 1.29 is 8.91 Å². The summed E-state index contributed by atoms with van der Waals surface area (Å²) in [6.45, 7) is 5.66.